The van der Waals surface area contributed by atoms with Crippen LogP contribution >= 0.6 is 11.6 Å². The average Bonchev–Trinajstić information content (AvgIpc) is 2.73. The molecule has 31 heavy (non-hydrogen) atoms. The van der Waals surface area contributed by atoms with Crippen LogP contribution in [0, 0.1) is 5.92 Å². The second-order valence-corrected chi connectivity index (χ2v) is 10.4. The third-order valence-electron chi connectivity index (χ3n) is 5.45. The van der Waals surface area contributed by atoms with Crippen molar-refractivity contribution in [1.29, 1.82) is 0 Å². The summed E-state index contributed by atoms with van der Waals surface area (Å²) in [4.78, 5) is 12.9. The lowest BCUT2D eigenvalue weighted by molar-refractivity contribution is -0.121. The third kappa shape index (κ3) is 4.87. The lowest BCUT2D eigenvalue weighted by Gasteiger charge is -2.34. The summed E-state index contributed by atoms with van der Waals surface area (Å²) in [5, 5.41) is 3.45. The molecule has 3 atom stereocenters. The molecule has 0 unspecified atom stereocenters. The fraction of sp³-hybridized carbons (Fsp3) is 0.409. The molecule has 2 aliphatic rings. The smallest absolute Gasteiger partial charge is 0.243 e. The number of nitrogens with zero attached hydrogens (tertiary/aromatic N) is 1. The van der Waals surface area contributed by atoms with Crippen LogP contribution in [0.4, 0.5) is 5.69 Å². The van der Waals surface area contributed by atoms with Gasteiger partial charge in [0.15, 0.2) is 0 Å². The SMILES string of the molecule is C[C@@H]1CN(S(=O)(=O)c2ccc(NC(=O)[C@@H]3COc4ccc(Cl)cc4C3)cc2)C[C@@H](C)O1. The minimum Gasteiger partial charge on any atom is -0.492 e. The lowest BCUT2D eigenvalue weighted by Crippen LogP contribution is -2.48. The predicted octanol–water partition coefficient (Wildman–Crippen LogP) is 3.33. The van der Waals surface area contributed by atoms with E-state index in [4.69, 9.17) is 21.1 Å². The highest BCUT2D eigenvalue weighted by molar-refractivity contribution is 7.89. The quantitative estimate of drug-likeness (QED) is 0.750. The molecule has 4 rings (SSSR count). The van der Waals surface area contributed by atoms with Gasteiger partial charge in [-0.15, -0.1) is 0 Å². The summed E-state index contributed by atoms with van der Waals surface area (Å²) in [7, 11) is -3.62. The fourth-order valence-corrected chi connectivity index (χ4v) is 5.75. The number of carbonyl (C=O) groups is 1. The van der Waals surface area contributed by atoms with Crippen molar-refractivity contribution in [3.63, 3.8) is 0 Å². The highest BCUT2D eigenvalue weighted by atomic mass is 35.5. The number of benzene rings is 2. The van der Waals surface area contributed by atoms with Gasteiger partial charge in [0, 0.05) is 23.8 Å². The molecule has 0 saturated carbocycles. The van der Waals surface area contributed by atoms with E-state index in [0.29, 0.717) is 30.2 Å². The largest absolute Gasteiger partial charge is 0.492 e. The fourth-order valence-electron chi connectivity index (χ4n) is 3.96. The van der Waals surface area contributed by atoms with Crippen LogP contribution in [-0.4, -0.2) is 50.5 Å². The van der Waals surface area contributed by atoms with E-state index in [1.165, 1.54) is 16.4 Å². The maximum Gasteiger partial charge on any atom is 0.243 e. The summed E-state index contributed by atoms with van der Waals surface area (Å²) in [6.07, 6.45) is 0.214. The first-order chi connectivity index (χ1) is 14.7. The zero-order valence-electron chi connectivity index (χ0n) is 17.4. The minimum atomic E-state index is -3.62. The van der Waals surface area contributed by atoms with E-state index in [-0.39, 0.29) is 35.5 Å². The van der Waals surface area contributed by atoms with Gasteiger partial charge in [0.25, 0.3) is 0 Å². The Hall–Kier alpha value is -2.13. The predicted molar refractivity (Wildman–Crippen MR) is 118 cm³/mol. The number of hydrogen-bond donors (Lipinski definition) is 1. The molecule has 0 bridgehead atoms. The second kappa shape index (κ2) is 8.78. The third-order valence-corrected chi connectivity index (χ3v) is 7.53. The van der Waals surface area contributed by atoms with Gasteiger partial charge in [0.2, 0.25) is 15.9 Å². The van der Waals surface area contributed by atoms with Gasteiger partial charge in [-0.05, 0) is 68.3 Å². The summed E-state index contributed by atoms with van der Waals surface area (Å²) in [5.74, 6) is 0.206. The molecule has 0 aromatic heterocycles. The van der Waals surface area contributed by atoms with Crippen LogP contribution in [0.25, 0.3) is 0 Å². The van der Waals surface area contributed by atoms with Gasteiger partial charge in [-0.3, -0.25) is 4.79 Å². The number of carbonyl (C=O) groups excluding carboxylic acids is 1. The molecule has 2 aromatic carbocycles. The lowest BCUT2D eigenvalue weighted by atomic mass is 9.96. The van der Waals surface area contributed by atoms with Gasteiger partial charge in [-0.25, -0.2) is 8.42 Å². The molecule has 9 heteroatoms. The van der Waals surface area contributed by atoms with Crippen LogP contribution in [0.2, 0.25) is 5.02 Å². The van der Waals surface area contributed by atoms with Gasteiger partial charge < -0.3 is 14.8 Å². The normalized spacial score (nSPS) is 24.2. The van der Waals surface area contributed by atoms with Crippen molar-refractivity contribution in [2.24, 2.45) is 5.92 Å². The first-order valence-corrected chi connectivity index (χ1v) is 12.0. The summed E-state index contributed by atoms with van der Waals surface area (Å²) in [6, 6.07) is 11.6. The number of sulfonamides is 1. The Balaban J connectivity index is 1.42. The maximum atomic E-state index is 13.0. The number of ether oxygens (including phenoxy) is 2. The van der Waals surface area contributed by atoms with Crippen molar-refractivity contribution >= 4 is 33.2 Å². The van der Waals surface area contributed by atoms with E-state index in [2.05, 4.69) is 5.32 Å². The van der Waals surface area contributed by atoms with E-state index in [1.807, 2.05) is 19.9 Å². The monoisotopic (exact) mass is 464 g/mol. The number of amides is 1. The van der Waals surface area contributed by atoms with E-state index in [0.717, 1.165) is 11.3 Å². The molecule has 1 N–H and O–H groups in total. The van der Waals surface area contributed by atoms with E-state index in [1.54, 1.807) is 24.3 Å². The van der Waals surface area contributed by atoms with Crippen LogP contribution in [0.15, 0.2) is 47.4 Å². The number of morpholine rings is 1. The summed E-state index contributed by atoms with van der Waals surface area (Å²) in [5.41, 5.74) is 1.43. The second-order valence-electron chi connectivity index (χ2n) is 8.06. The van der Waals surface area contributed by atoms with Gasteiger partial charge in [-0.2, -0.15) is 4.31 Å². The Morgan fingerprint density at radius 2 is 1.77 bits per heavy atom. The zero-order chi connectivity index (χ0) is 22.2. The number of fused-ring (bicyclic) bond motifs is 1. The molecule has 2 aromatic rings. The van der Waals surface area contributed by atoms with Crippen LogP contribution in [-0.2, 0) is 26.0 Å². The Bertz CT molecular complexity index is 1060. The van der Waals surface area contributed by atoms with Crippen molar-refractivity contribution in [2.45, 2.75) is 37.4 Å². The standard InChI is InChI=1S/C22H25ClN2O5S/c1-14-11-25(12-15(2)30-14)31(27,28)20-6-4-19(5-7-20)24-22(26)17-9-16-10-18(23)3-8-21(16)29-13-17/h3-8,10,14-15,17H,9,11-13H2,1-2H3,(H,24,26)/t14-,15-,17+/m1/s1. The number of anilines is 1. The summed E-state index contributed by atoms with van der Waals surface area (Å²) in [6.45, 7) is 4.63. The zero-order valence-corrected chi connectivity index (χ0v) is 18.9. The molecule has 0 spiro atoms. The van der Waals surface area contributed by atoms with Gasteiger partial charge in [0.05, 0.1) is 23.0 Å². The maximum absolute atomic E-state index is 13.0. The average molecular weight is 465 g/mol. The van der Waals surface area contributed by atoms with Crippen molar-refractivity contribution in [2.75, 3.05) is 25.0 Å². The molecule has 0 radical (unpaired) electrons. The highest BCUT2D eigenvalue weighted by Gasteiger charge is 2.32. The summed E-state index contributed by atoms with van der Waals surface area (Å²) >= 11 is 6.04. The Morgan fingerprint density at radius 3 is 2.45 bits per heavy atom. The molecule has 0 aliphatic carbocycles. The van der Waals surface area contributed by atoms with Gasteiger partial charge >= 0.3 is 0 Å². The molecule has 1 saturated heterocycles. The minimum absolute atomic E-state index is 0.158. The highest BCUT2D eigenvalue weighted by Crippen LogP contribution is 2.30. The molecule has 7 nitrogen and oxygen atoms in total. The van der Waals surface area contributed by atoms with E-state index < -0.39 is 10.0 Å². The van der Waals surface area contributed by atoms with Crippen LogP contribution in [0.1, 0.15) is 19.4 Å². The first kappa shape index (κ1) is 22.1. The summed E-state index contributed by atoms with van der Waals surface area (Å²) < 4.78 is 38.7. The molecular weight excluding hydrogens is 440 g/mol. The van der Waals surface area contributed by atoms with Gasteiger partial charge in [0.1, 0.15) is 12.4 Å². The molecule has 166 valence electrons. The van der Waals surface area contributed by atoms with Crippen LogP contribution < -0.4 is 10.1 Å². The molecule has 2 heterocycles. The number of nitrogens with one attached hydrogen (secondary N) is 1. The van der Waals surface area contributed by atoms with Crippen molar-refractivity contribution < 1.29 is 22.7 Å². The van der Waals surface area contributed by atoms with Gasteiger partial charge in [-0.1, -0.05) is 11.6 Å². The van der Waals surface area contributed by atoms with Crippen molar-refractivity contribution in [3.8, 4) is 5.75 Å². The Kier molecular flexibility index (Phi) is 6.25. The van der Waals surface area contributed by atoms with E-state index >= 15 is 0 Å². The van der Waals surface area contributed by atoms with E-state index in [9.17, 15) is 13.2 Å². The molecule has 1 fully saturated rings. The number of rotatable bonds is 4. The Morgan fingerprint density at radius 1 is 1.10 bits per heavy atom. The molecule has 2 aliphatic heterocycles. The molecule has 1 amide bonds. The number of hydrogen-bond acceptors (Lipinski definition) is 5. The van der Waals surface area contributed by atoms with Crippen molar-refractivity contribution in [1.82, 2.24) is 4.31 Å². The Labute approximate surface area is 187 Å². The first-order valence-electron chi connectivity index (χ1n) is 10.2. The van der Waals surface area contributed by atoms with Crippen LogP contribution in [0.3, 0.4) is 0 Å². The van der Waals surface area contributed by atoms with Crippen LogP contribution in [0.5, 0.6) is 5.75 Å². The molecular formula is C22H25ClN2O5S. The van der Waals surface area contributed by atoms with Crippen molar-refractivity contribution in [3.05, 3.63) is 53.1 Å². The number of halogens is 1. The topological polar surface area (TPSA) is 84.9 Å².